The molecule has 1 atom stereocenters. The smallest absolute Gasteiger partial charge is 0.322 e. The first-order valence-corrected chi connectivity index (χ1v) is 15.5. The van der Waals surface area contributed by atoms with Crippen LogP contribution in [0.2, 0.25) is 0 Å². The van der Waals surface area contributed by atoms with E-state index in [2.05, 4.69) is 37.4 Å². The third-order valence-corrected chi connectivity index (χ3v) is 6.59. The van der Waals surface area contributed by atoms with Gasteiger partial charge in [0.05, 0.1) is 0 Å². The number of amides is 1. The number of carboxylic acids is 1. The normalized spacial score (nSPS) is 12.3. The first kappa shape index (κ1) is 35.9. The molecule has 0 fully saturated rings. The van der Waals surface area contributed by atoms with Gasteiger partial charge in [-0.2, -0.15) is 0 Å². The Balaban J connectivity index is 4.16. The van der Waals surface area contributed by atoms with Gasteiger partial charge in [-0.15, -0.1) is 0 Å². The maximum Gasteiger partial charge on any atom is 0.322 e. The van der Waals surface area contributed by atoms with E-state index in [0.29, 0.717) is 12.8 Å². The van der Waals surface area contributed by atoms with E-state index in [0.717, 1.165) is 64.2 Å². The standard InChI is InChI=1S/C32H57NO5/c1-3-5-7-9-11-12-13-14-15-17-23-27-32(37)38-29(24-20-16-10-8-6-4-2)25-21-18-19-22-26-30(34)33-28-31(35)36/h8,10,20,24,29H,3-7,9,11-19,21-23,25-28H2,1-2H3,(H,33,34)(H,35,36)/b10-8-,24-20-. The Labute approximate surface area is 233 Å². The molecule has 0 aliphatic heterocycles. The zero-order valence-electron chi connectivity index (χ0n) is 24.5. The molecule has 0 rings (SSSR count). The lowest BCUT2D eigenvalue weighted by Crippen LogP contribution is -2.28. The molecule has 38 heavy (non-hydrogen) atoms. The molecular formula is C32H57NO5. The number of hydrogen-bond donors (Lipinski definition) is 2. The molecule has 0 aliphatic carbocycles. The van der Waals surface area contributed by atoms with Crippen LogP contribution in [0.25, 0.3) is 0 Å². The van der Waals surface area contributed by atoms with Crippen LogP contribution in [0, 0.1) is 0 Å². The molecule has 0 aromatic heterocycles. The molecule has 0 aromatic carbocycles. The van der Waals surface area contributed by atoms with Crippen LogP contribution in [0.5, 0.6) is 0 Å². The van der Waals surface area contributed by atoms with E-state index in [1.165, 1.54) is 57.8 Å². The molecule has 0 heterocycles. The third kappa shape index (κ3) is 26.9. The summed E-state index contributed by atoms with van der Waals surface area (Å²) in [6.07, 6.45) is 30.3. The molecule has 0 radical (unpaired) electrons. The van der Waals surface area contributed by atoms with Gasteiger partial charge in [0.2, 0.25) is 5.91 Å². The van der Waals surface area contributed by atoms with E-state index in [1.54, 1.807) is 0 Å². The Bertz CT molecular complexity index is 644. The average Bonchev–Trinajstić information content (AvgIpc) is 2.89. The minimum atomic E-state index is -1.03. The van der Waals surface area contributed by atoms with Crippen molar-refractivity contribution in [1.29, 1.82) is 0 Å². The highest BCUT2D eigenvalue weighted by molar-refractivity contribution is 5.80. The maximum absolute atomic E-state index is 12.5. The van der Waals surface area contributed by atoms with Gasteiger partial charge in [-0.1, -0.05) is 116 Å². The molecule has 220 valence electrons. The van der Waals surface area contributed by atoms with E-state index in [9.17, 15) is 14.4 Å². The molecule has 1 amide bonds. The highest BCUT2D eigenvalue weighted by atomic mass is 16.5. The number of rotatable bonds is 27. The van der Waals surface area contributed by atoms with Crippen LogP contribution < -0.4 is 5.32 Å². The second-order valence-corrected chi connectivity index (χ2v) is 10.4. The van der Waals surface area contributed by atoms with E-state index in [-0.39, 0.29) is 24.5 Å². The second kappa shape index (κ2) is 27.9. The molecular weight excluding hydrogens is 478 g/mol. The summed E-state index contributed by atoms with van der Waals surface area (Å²) < 4.78 is 5.80. The fraction of sp³-hybridized carbons (Fsp3) is 0.781. The van der Waals surface area contributed by atoms with Gasteiger partial charge in [-0.05, 0) is 44.6 Å². The first-order chi connectivity index (χ1) is 18.5. The fourth-order valence-electron chi connectivity index (χ4n) is 4.29. The topological polar surface area (TPSA) is 92.7 Å². The van der Waals surface area contributed by atoms with Crippen molar-refractivity contribution in [3.63, 3.8) is 0 Å². The average molecular weight is 536 g/mol. The zero-order chi connectivity index (χ0) is 28.1. The van der Waals surface area contributed by atoms with Gasteiger partial charge < -0.3 is 15.2 Å². The van der Waals surface area contributed by atoms with Gasteiger partial charge in [0, 0.05) is 12.8 Å². The van der Waals surface area contributed by atoms with E-state index < -0.39 is 5.97 Å². The van der Waals surface area contributed by atoms with Crippen molar-refractivity contribution < 1.29 is 24.2 Å². The van der Waals surface area contributed by atoms with Crippen LogP contribution >= 0.6 is 0 Å². The van der Waals surface area contributed by atoms with Crippen LogP contribution in [0.3, 0.4) is 0 Å². The minimum Gasteiger partial charge on any atom is -0.480 e. The summed E-state index contributed by atoms with van der Waals surface area (Å²) >= 11 is 0. The highest BCUT2D eigenvalue weighted by Gasteiger charge is 2.11. The summed E-state index contributed by atoms with van der Waals surface area (Å²) in [4.78, 5) is 34.5. The number of aliphatic carboxylic acids is 1. The lowest BCUT2D eigenvalue weighted by atomic mass is 10.1. The van der Waals surface area contributed by atoms with Crippen molar-refractivity contribution in [2.75, 3.05) is 6.54 Å². The first-order valence-electron chi connectivity index (χ1n) is 15.5. The summed E-state index contributed by atoms with van der Waals surface area (Å²) in [6.45, 7) is 4.08. The van der Waals surface area contributed by atoms with Crippen molar-refractivity contribution >= 4 is 17.8 Å². The molecule has 0 aromatic rings. The Morgan fingerprint density at radius 2 is 1.29 bits per heavy atom. The second-order valence-electron chi connectivity index (χ2n) is 10.4. The minimum absolute atomic E-state index is 0.104. The van der Waals surface area contributed by atoms with Crippen molar-refractivity contribution in [3.05, 3.63) is 24.3 Å². The fourth-order valence-corrected chi connectivity index (χ4v) is 4.29. The van der Waals surface area contributed by atoms with Crippen molar-refractivity contribution in [1.82, 2.24) is 5.32 Å². The molecule has 0 spiro atoms. The van der Waals surface area contributed by atoms with Gasteiger partial charge in [0.25, 0.3) is 0 Å². The zero-order valence-corrected chi connectivity index (χ0v) is 24.5. The van der Waals surface area contributed by atoms with Gasteiger partial charge >= 0.3 is 11.9 Å². The van der Waals surface area contributed by atoms with E-state index >= 15 is 0 Å². The quantitative estimate of drug-likeness (QED) is 0.0625. The number of unbranched alkanes of at least 4 members (excludes halogenated alkanes) is 14. The summed E-state index contributed by atoms with van der Waals surface area (Å²) in [7, 11) is 0. The van der Waals surface area contributed by atoms with Crippen LogP contribution in [0.4, 0.5) is 0 Å². The molecule has 6 nitrogen and oxygen atoms in total. The summed E-state index contributed by atoms with van der Waals surface area (Å²) in [5, 5.41) is 11.0. The van der Waals surface area contributed by atoms with Crippen LogP contribution in [-0.2, 0) is 19.1 Å². The maximum atomic E-state index is 12.5. The molecule has 6 heteroatoms. The number of esters is 1. The molecule has 0 saturated carbocycles. The monoisotopic (exact) mass is 535 g/mol. The predicted octanol–water partition coefficient (Wildman–Crippen LogP) is 8.44. The predicted molar refractivity (Wildman–Crippen MR) is 157 cm³/mol. The Hall–Kier alpha value is -2.11. The van der Waals surface area contributed by atoms with E-state index in [1.807, 2.05) is 6.08 Å². The summed E-state index contributed by atoms with van der Waals surface area (Å²) in [5.41, 5.74) is 0. The Morgan fingerprint density at radius 3 is 1.89 bits per heavy atom. The van der Waals surface area contributed by atoms with Gasteiger partial charge in [-0.3, -0.25) is 14.4 Å². The molecule has 0 bridgehead atoms. The number of ether oxygens (including phenoxy) is 1. The molecule has 0 aliphatic rings. The molecule has 1 unspecified atom stereocenters. The van der Waals surface area contributed by atoms with E-state index in [4.69, 9.17) is 9.84 Å². The summed E-state index contributed by atoms with van der Waals surface area (Å²) in [6, 6.07) is 0. The highest BCUT2D eigenvalue weighted by Crippen LogP contribution is 2.15. The van der Waals surface area contributed by atoms with Crippen LogP contribution in [0.15, 0.2) is 24.3 Å². The number of carbonyl (C=O) groups is 3. The van der Waals surface area contributed by atoms with Crippen LogP contribution in [-0.4, -0.2) is 35.6 Å². The number of carboxylic acid groups (broad SMARTS) is 1. The number of nitrogens with one attached hydrogen (secondary N) is 1. The lowest BCUT2D eigenvalue weighted by Gasteiger charge is -2.14. The Morgan fingerprint density at radius 1 is 0.711 bits per heavy atom. The number of allylic oxidation sites excluding steroid dienone is 3. The van der Waals surface area contributed by atoms with Crippen molar-refractivity contribution in [2.45, 2.75) is 155 Å². The third-order valence-electron chi connectivity index (χ3n) is 6.59. The van der Waals surface area contributed by atoms with Gasteiger partial charge in [0.15, 0.2) is 0 Å². The van der Waals surface area contributed by atoms with Gasteiger partial charge in [0.1, 0.15) is 12.6 Å². The number of hydrogen-bond acceptors (Lipinski definition) is 4. The summed E-state index contributed by atoms with van der Waals surface area (Å²) in [5.74, 6) is -1.36. The largest absolute Gasteiger partial charge is 0.480 e. The lowest BCUT2D eigenvalue weighted by molar-refractivity contribution is -0.147. The van der Waals surface area contributed by atoms with Crippen LogP contribution in [0.1, 0.15) is 149 Å². The molecule has 0 saturated heterocycles. The van der Waals surface area contributed by atoms with Crippen molar-refractivity contribution in [2.24, 2.45) is 0 Å². The Kier molecular flexibility index (Phi) is 26.4. The van der Waals surface area contributed by atoms with Gasteiger partial charge in [-0.25, -0.2) is 0 Å². The number of carbonyl (C=O) groups excluding carboxylic acids is 2. The van der Waals surface area contributed by atoms with Crippen molar-refractivity contribution in [3.8, 4) is 0 Å². The SMILES string of the molecule is CCC/C=C\C/C=C\C(CCCCCCC(=O)NCC(=O)O)OC(=O)CCCCCCCCCCCCC. The molecule has 2 N–H and O–H groups in total.